The van der Waals surface area contributed by atoms with Gasteiger partial charge in [-0.2, -0.15) is 4.31 Å². The Morgan fingerprint density at radius 3 is 2.62 bits per heavy atom. The van der Waals surface area contributed by atoms with E-state index in [2.05, 4.69) is 9.97 Å². The lowest BCUT2D eigenvalue weighted by Gasteiger charge is -2.21. The summed E-state index contributed by atoms with van der Waals surface area (Å²) in [4.78, 5) is 30.0. The molecular formula is C19H21N3O5S2. The molecule has 2 heterocycles. The molecule has 0 unspecified atom stereocenters. The van der Waals surface area contributed by atoms with Crippen LogP contribution in [0.1, 0.15) is 31.2 Å². The van der Waals surface area contributed by atoms with E-state index >= 15 is 0 Å². The molecule has 3 aromatic rings. The Labute approximate surface area is 171 Å². The summed E-state index contributed by atoms with van der Waals surface area (Å²) in [7, 11) is -3.80. The molecule has 0 spiro atoms. The predicted molar refractivity (Wildman–Crippen MR) is 111 cm³/mol. The Kier molecular flexibility index (Phi) is 6.46. The Morgan fingerprint density at radius 2 is 1.97 bits per heavy atom. The molecule has 0 saturated heterocycles. The number of aromatic amines is 1. The number of H-pyrrole nitrogens is 1. The van der Waals surface area contributed by atoms with Crippen molar-refractivity contribution in [1.29, 1.82) is 0 Å². The lowest BCUT2D eigenvalue weighted by molar-refractivity contribution is -0.136. The monoisotopic (exact) mass is 435 g/mol. The molecule has 0 saturated carbocycles. The van der Waals surface area contributed by atoms with Gasteiger partial charge in [0.25, 0.3) is 5.56 Å². The van der Waals surface area contributed by atoms with E-state index in [0.29, 0.717) is 23.1 Å². The van der Waals surface area contributed by atoms with Crippen LogP contribution in [0, 0.1) is 0 Å². The van der Waals surface area contributed by atoms with Crippen LogP contribution in [0.15, 0.2) is 45.4 Å². The average molecular weight is 436 g/mol. The number of sulfonamides is 1. The second kappa shape index (κ2) is 8.85. The minimum atomic E-state index is -3.80. The third kappa shape index (κ3) is 4.89. The molecule has 0 bridgehead atoms. The molecule has 0 amide bonds. The summed E-state index contributed by atoms with van der Waals surface area (Å²) in [6.07, 6.45) is 0.916. The summed E-state index contributed by atoms with van der Waals surface area (Å²) in [6, 6.07) is 7.93. The fourth-order valence-electron chi connectivity index (χ4n) is 2.93. The van der Waals surface area contributed by atoms with Crippen molar-refractivity contribution in [3.05, 3.63) is 57.5 Å². The molecule has 0 aliphatic carbocycles. The molecule has 0 atom stereocenters. The number of benzene rings is 1. The first kappa shape index (κ1) is 21.2. The Hall–Kier alpha value is -2.56. The maximum Gasteiger partial charge on any atom is 0.303 e. The zero-order valence-corrected chi connectivity index (χ0v) is 17.4. The summed E-state index contributed by atoms with van der Waals surface area (Å²) in [5.74, 6) is -0.615. The van der Waals surface area contributed by atoms with Gasteiger partial charge in [-0.25, -0.2) is 13.4 Å². The molecule has 29 heavy (non-hydrogen) atoms. The smallest absolute Gasteiger partial charge is 0.303 e. The first-order valence-electron chi connectivity index (χ1n) is 9.08. The van der Waals surface area contributed by atoms with Gasteiger partial charge in [0.2, 0.25) is 10.0 Å². The maximum atomic E-state index is 13.1. The van der Waals surface area contributed by atoms with Crippen molar-refractivity contribution in [2.45, 2.75) is 37.6 Å². The lowest BCUT2D eigenvalue weighted by Crippen LogP contribution is -2.32. The van der Waals surface area contributed by atoms with Gasteiger partial charge in [0, 0.05) is 13.0 Å². The lowest BCUT2D eigenvalue weighted by atomic mass is 10.1. The van der Waals surface area contributed by atoms with Crippen LogP contribution < -0.4 is 5.56 Å². The Morgan fingerprint density at radius 1 is 1.24 bits per heavy atom. The Balaban J connectivity index is 1.86. The van der Waals surface area contributed by atoms with Crippen LogP contribution in [0.4, 0.5) is 0 Å². The topological polar surface area (TPSA) is 120 Å². The molecule has 2 aromatic heterocycles. The van der Waals surface area contributed by atoms with Crippen molar-refractivity contribution in [3.63, 3.8) is 0 Å². The van der Waals surface area contributed by atoms with Gasteiger partial charge in [-0.3, -0.25) is 9.59 Å². The van der Waals surface area contributed by atoms with Crippen LogP contribution in [-0.2, 0) is 27.8 Å². The number of aliphatic carboxylic acids is 1. The van der Waals surface area contributed by atoms with Gasteiger partial charge >= 0.3 is 5.97 Å². The van der Waals surface area contributed by atoms with Crippen LogP contribution >= 0.6 is 11.3 Å². The molecule has 1 aromatic carbocycles. The maximum absolute atomic E-state index is 13.1. The molecule has 0 aliphatic rings. The van der Waals surface area contributed by atoms with Crippen LogP contribution in [0.25, 0.3) is 10.2 Å². The number of aryl methyl sites for hydroxylation is 1. The van der Waals surface area contributed by atoms with E-state index in [0.717, 1.165) is 5.56 Å². The zero-order chi connectivity index (χ0) is 21.0. The van der Waals surface area contributed by atoms with Crippen LogP contribution in [0.2, 0.25) is 0 Å². The molecule has 8 nitrogen and oxygen atoms in total. The largest absolute Gasteiger partial charge is 0.481 e. The number of thiophene rings is 1. The van der Waals surface area contributed by atoms with Gasteiger partial charge in [0.05, 0.1) is 17.0 Å². The number of carbonyl (C=O) groups is 1. The molecule has 3 rings (SSSR count). The van der Waals surface area contributed by atoms with Crippen LogP contribution in [0.5, 0.6) is 0 Å². The van der Waals surface area contributed by atoms with Crippen LogP contribution in [0.3, 0.4) is 0 Å². The molecule has 0 fully saturated rings. The molecule has 0 radical (unpaired) electrons. The van der Waals surface area contributed by atoms with E-state index in [1.165, 1.54) is 27.8 Å². The van der Waals surface area contributed by atoms with E-state index in [1.807, 2.05) is 6.92 Å². The van der Waals surface area contributed by atoms with E-state index in [1.54, 1.807) is 23.6 Å². The highest BCUT2D eigenvalue weighted by Gasteiger charge is 2.25. The van der Waals surface area contributed by atoms with E-state index in [4.69, 9.17) is 5.11 Å². The van der Waals surface area contributed by atoms with Crippen molar-refractivity contribution in [3.8, 4) is 0 Å². The third-order valence-corrected chi connectivity index (χ3v) is 7.11. The number of rotatable bonds is 9. The third-order valence-electron chi connectivity index (χ3n) is 4.35. The van der Waals surface area contributed by atoms with Crippen molar-refractivity contribution in [2.24, 2.45) is 0 Å². The minimum absolute atomic E-state index is 0.0157. The highest BCUT2D eigenvalue weighted by Crippen LogP contribution is 2.20. The first-order chi connectivity index (χ1) is 13.8. The van der Waals surface area contributed by atoms with Gasteiger partial charge in [0.1, 0.15) is 10.5 Å². The standard InChI is InChI=1S/C19H21N3O5S2/c1-2-10-22(12-16-20-15-9-11-28-18(15)19(25)21-16)29(26,27)14-6-3-13(4-7-14)5-8-17(23)24/h3-4,6-7,9,11H,2,5,8,10,12H2,1H3,(H,23,24)(H,20,21,25). The number of carboxylic acid groups (broad SMARTS) is 1. The quantitative estimate of drug-likeness (QED) is 0.533. The fraction of sp³-hybridized carbons (Fsp3) is 0.316. The van der Waals surface area contributed by atoms with E-state index in [9.17, 15) is 18.0 Å². The SMILES string of the molecule is CCCN(Cc1nc2ccsc2c(=O)[nH]1)S(=O)(=O)c1ccc(CCC(=O)O)cc1. The number of carboxylic acids is 1. The number of fused-ring (bicyclic) bond motifs is 1. The highest BCUT2D eigenvalue weighted by molar-refractivity contribution is 7.89. The number of hydrogen-bond donors (Lipinski definition) is 2. The summed E-state index contributed by atoms with van der Waals surface area (Å²) in [5, 5.41) is 10.5. The number of nitrogens with zero attached hydrogens (tertiary/aromatic N) is 2. The van der Waals surface area contributed by atoms with Crippen LogP contribution in [-0.4, -0.2) is 40.3 Å². The van der Waals surface area contributed by atoms with Gasteiger partial charge in [0.15, 0.2) is 0 Å². The van der Waals surface area contributed by atoms with Gasteiger partial charge in [-0.15, -0.1) is 11.3 Å². The normalized spacial score (nSPS) is 11.9. The average Bonchev–Trinajstić information content (AvgIpc) is 3.15. The predicted octanol–water partition coefficient (Wildman–Crippen LogP) is 2.60. The first-order valence-corrected chi connectivity index (χ1v) is 11.4. The molecular weight excluding hydrogens is 414 g/mol. The van der Waals surface area contributed by atoms with Gasteiger partial charge in [-0.1, -0.05) is 19.1 Å². The van der Waals surface area contributed by atoms with Crippen molar-refractivity contribution < 1.29 is 18.3 Å². The highest BCUT2D eigenvalue weighted by atomic mass is 32.2. The van der Waals surface area contributed by atoms with Gasteiger partial charge < -0.3 is 10.1 Å². The summed E-state index contributed by atoms with van der Waals surface area (Å²) in [6.45, 7) is 2.10. The van der Waals surface area contributed by atoms with E-state index in [-0.39, 0.29) is 35.8 Å². The molecule has 154 valence electrons. The van der Waals surface area contributed by atoms with E-state index < -0.39 is 16.0 Å². The fourth-order valence-corrected chi connectivity index (χ4v) is 5.14. The molecule has 0 aliphatic heterocycles. The Bertz CT molecular complexity index is 1170. The number of aromatic nitrogens is 2. The second-order valence-electron chi connectivity index (χ2n) is 6.52. The van der Waals surface area contributed by atoms with Crippen molar-refractivity contribution >= 4 is 37.5 Å². The number of nitrogens with one attached hydrogen (secondary N) is 1. The summed E-state index contributed by atoms with van der Waals surface area (Å²) < 4.78 is 28.0. The number of hydrogen-bond acceptors (Lipinski definition) is 6. The summed E-state index contributed by atoms with van der Waals surface area (Å²) in [5.41, 5.74) is 1.02. The summed E-state index contributed by atoms with van der Waals surface area (Å²) >= 11 is 1.29. The van der Waals surface area contributed by atoms with Gasteiger partial charge in [-0.05, 0) is 42.0 Å². The van der Waals surface area contributed by atoms with Crippen molar-refractivity contribution in [1.82, 2.24) is 14.3 Å². The zero-order valence-electron chi connectivity index (χ0n) is 15.8. The minimum Gasteiger partial charge on any atom is -0.481 e. The van der Waals surface area contributed by atoms with Crippen molar-refractivity contribution in [2.75, 3.05) is 6.54 Å². The second-order valence-corrected chi connectivity index (χ2v) is 9.38. The molecule has 10 heteroatoms. The molecule has 2 N–H and O–H groups in total.